The van der Waals surface area contributed by atoms with Crippen molar-refractivity contribution >= 4 is 27.2 Å². The van der Waals surface area contributed by atoms with E-state index in [9.17, 15) is 15.0 Å². The van der Waals surface area contributed by atoms with Gasteiger partial charge in [-0.3, -0.25) is 4.79 Å². The van der Waals surface area contributed by atoms with Crippen LogP contribution in [0.3, 0.4) is 0 Å². The van der Waals surface area contributed by atoms with Gasteiger partial charge in [0.15, 0.2) is 5.78 Å². The van der Waals surface area contributed by atoms with Gasteiger partial charge in [0.2, 0.25) is 0 Å². The van der Waals surface area contributed by atoms with Crippen molar-refractivity contribution in [2.45, 2.75) is 18.9 Å². The van der Waals surface area contributed by atoms with Crippen molar-refractivity contribution < 1.29 is 19.7 Å². The van der Waals surface area contributed by atoms with Gasteiger partial charge in [0, 0.05) is 39.2 Å². The zero-order valence-electron chi connectivity index (χ0n) is 18.3. The molecular weight excluding hydrogens is 434 g/mol. The van der Waals surface area contributed by atoms with E-state index in [2.05, 4.69) is 11.9 Å². The smallest absolute Gasteiger partial charge is 0.195 e. The Bertz CT molecular complexity index is 1290. The molecule has 0 radical (unpaired) electrons. The van der Waals surface area contributed by atoms with Crippen LogP contribution in [0.15, 0.2) is 66.7 Å². The number of benzene rings is 3. The highest BCUT2D eigenvalue weighted by molar-refractivity contribution is 7.22. The van der Waals surface area contributed by atoms with E-state index in [1.807, 2.05) is 24.3 Å². The number of ether oxygens (including phenoxy) is 1. The summed E-state index contributed by atoms with van der Waals surface area (Å²) in [7, 11) is 2.12. The Hall–Kier alpha value is -3.35. The van der Waals surface area contributed by atoms with Crippen LogP contribution in [0.25, 0.3) is 20.5 Å². The summed E-state index contributed by atoms with van der Waals surface area (Å²) in [6.07, 6.45) is 2.21. The van der Waals surface area contributed by atoms with E-state index in [0.717, 1.165) is 52.2 Å². The molecule has 0 atom stereocenters. The molecule has 4 aromatic rings. The van der Waals surface area contributed by atoms with Crippen molar-refractivity contribution in [3.8, 4) is 27.7 Å². The molecule has 168 valence electrons. The third-order valence-corrected chi connectivity index (χ3v) is 7.32. The summed E-state index contributed by atoms with van der Waals surface area (Å²) in [5, 5.41) is 20.4. The van der Waals surface area contributed by atoms with Crippen LogP contribution in [-0.4, -0.2) is 47.1 Å². The number of fused-ring (bicyclic) bond motifs is 1. The number of phenols is 2. The first-order valence-corrected chi connectivity index (χ1v) is 11.8. The molecule has 1 aromatic heterocycles. The SMILES string of the molecule is CN1CCC(Oc2ccc(C(=O)c3c(-c4ccc(O)cc4)sc4cc(O)ccc34)cc2)CC1. The minimum absolute atomic E-state index is 0.0825. The Morgan fingerprint density at radius 1 is 0.939 bits per heavy atom. The normalized spacial score (nSPS) is 15.1. The van der Waals surface area contributed by atoms with Gasteiger partial charge in [0.25, 0.3) is 0 Å². The number of rotatable bonds is 5. The van der Waals surface area contributed by atoms with Crippen molar-refractivity contribution in [3.63, 3.8) is 0 Å². The number of phenolic OH excluding ortho intramolecular Hbond substituents is 2. The lowest BCUT2D eigenvalue weighted by atomic mass is 9.97. The Morgan fingerprint density at radius 2 is 1.61 bits per heavy atom. The fourth-order valence-electron chi connectivity index (χ4n) is 4.25. The molecule has 1 aliphatic rings. The van der Waals surface area contributed by atoms with Gasteiger partial charge in [0.1, 0.15) is 23.4 Å². The number of nitrogens with zero attached hydrogens (tertiary/aromatic N) is 1. The molecule has 1 aliphatic heterocycles. The maximum Gasteiger partial charge on any atom is 0.195 e. The number of ketones is 1. The van der Waals surface area contributed by atoms with Crippen LogP contribution in [0.2, 0.25) is 0 Å². The molecule has 5 rings (SSSR count). The maximum absolute atomic E-state index is 13.7. The molecule has 2 N–H and O–H groups in total. The molecule has 0 bridgehead atoms. The summed E-state index contributed by atoms with van der Waals surface area (Å²) in [5.74, 6) is 1.03. The van der Waals surface area contributed by atoms with Crippen LogP contribution in [0.5, 0.6) is 17.2 Å². The van der Waals surface area contributed by atoms with Crippen molar-refractivity contribution in [1.82, 2.24) is 4.90 Å². The fourth-order valence-corrected chi connectivity index (χ4v) is 5.49. The van der Waals surface area contributed by atoms with Crippen molar-refractivity contribution in [2.75, 3.05) is 20.1 Å². The number of likely N-dealkylation sites (tertiary alicyclic amines) is 1. The van der Waals surface area contributed by atoms with Gasteiger partial charge in [-0.1, -0.05) is 0 Å². The number of aromatic hydroxyl groups is 2. The molecule has 0 aliphatic carbocycles. The number of carbonyl (C=O) groups is 1. The number of hydrogen-bond acceptors (Lipinski definition) is 6. The molecule has 0 amide bonds. The first kappa shape index (κ1) is 21.5. The van der Waals surface area contributed by atoms with Crippen LogP contribution in [0, 0.1) is 0 Å². The summed E-state index contributed by atoms with van der Waals surface area (Å²) in [6, 6.07) is 19.3. The van der Waals surface area contributed by atoms with E-state index in [1.165, 1.54) is 11.3 Å². The minimum Gasteiger partial charge on any atom is -0.508 e. The second-order valence-corrected chi connectivity index (χ2v) is 9.56. The standard InChI is InChI=1S/C27H25NO4S/c1-28-14-12-22(13-15-28)32-21-9-4-17(5-10-21)26(31)25-23-11-8-20(30)16-24(23)33-27(25)18-2-6-19(29)7-3-18/h2-11,16,22,29-30H,12-15H2,1H3. The predicted octanol–water partition coefficient (Wildman–Crippen LogP) is 5.68. The Kier molecular flexibility index (Phi) is 5.79. The van der Waals surface area contributed by atoms with Crippen LogP contribution >= 0.6 is 11.3 Å². The molecule has 0 spiro atoms. The Balaban J connectivity index is 1.47. The van der Waals surface area contributed by atoms with Crippen molar-refractivity contribution in [3.05, 3.63) is 77.9 Å². The molecule has 3 aromatic carbocycles. The lowest BCUT2D eigenvalue weighted by Gasteiger charge is -2.29. The van der Waals surface area contributed by atoms with Gasteiger partial charge in [-0.05, 0) is 92.2 Å². The maximum atomic E-state index is 13.7. The highest BCUT2D eigenvalue weighted by Crippen LogP contribution is 2.41. The molecule has 0 saturated carbocycles. The average molecular weight is 460 g/mol. The zero-order chi connectivity index (χ0) is 22.9. The van der Waals surface area contributed by atoms with Gasteiger partial charge in [-0.2, -0.15) is 0 Å². The molecule has 5 nitrogen and oxygen atoms in total. The molecule has 1 fully saturated rings. The Morgan fingerprint density at radius 3 is 2.30 bits per heavy atom. The van der Waals surface area contributed by atoms with Crippen LogP contribution in [-0.2, 0) is 0 Å². The lowest BCUT2D eigenvalue weighted by Crippen LogP contribution is -2.35. The minimum atomic E-state index is -0.0825. The predicted molar refractivity (Wildman–Crippen MR) is 132 cm³/mol. The van der Waals surface area contributed by atoms with Gasteiger partial charge in [0.05, 0.1) is 0 Å². The number of carbonyl (C=O) groups excluding carboxylic acids is 1. The summed E-state index contributed by atoms with van der Waals surface area (Å²) < 4.78 is 6.97. The van der Waals surface area contributed by atoms with E-state index >= 15 is 0 Å². The van der Waals surface area contributed by atoms with Crippen LogP contribution in [0.1, 0.15) is 28.8 Å². The largest absolute Gasteiger partial charge is 0.508 e. The molecule has 2 heterocycles. The summed E-state index contributed by atoms with van der Waals surface area (Å²) in [4.78, 5) is 16.8. The van der Waals surface area contributed by atoms with Crippen LogP contribution < -0.4 is 4.74 Å². The average Bonchev–Trinajstić information content (AvgIpc) is 3.19. The Labute approximate surface area is 196 Å². The summed E-state index contributed by atoms with van der Waals surface area (Å²) >= 11 is 1.46. The fraction of sp³-hybridized carbons (Fsp3) is 0.222. The second kappa shape index (κ2) is 8.89. The molecule has 33 heavy (non-hydrogen) atoms. The third-order valence-electron chi connectivity index (χ3n) is 6.12. The van der Waals surface area contributed by atoms with Gasteiger partial charge >= 0.3 is 0 Å². The van der Waals surface area contributed by atoms with Gasteiger partial charge in [-0.25, -0.2) is 0 Å². The molecular formula is C27H25NO4S. The van der Waals surface area contributed by atoms with Gasteiger partial charge in [-0.15, -0.1) is 11.3 Å². The van der Waals surface area contributed by atoms with E-state index in [-0.39, 0.29) is 23.4 Å². The van der Waals surface area contributed by atoms with E-state index < -0.39 is 0 Å². The zero-order valence-corrected chi connectivity index (χ0v) is 19.1. The first-order chi connectivity index (χ1) is 16.0. The van der Waals surface area contributed by atoms with Crippen LogP contribution in [0.4, 0.5) is 0 Å². The highest BCUT2D eigenvalue weighted by atomic mass is 32.1. The number of hydrogen-bond donors (Lipinski definition) is 2. The summed E-state index contributed by atoms with van der Waals surface area (Å²) in [6.45, 7) is 2.06. The van der Waals surface area contributed by atoms with Crippen molar-refractivity contribution in [2.24, 2.45) is 0 Å². The van der Waals surface area contributed by atoms with E-state index in [1.54, 1.807) is 42.5 Å². The molecule has 6 heteroatoms. The number of piperidine rings is 1. The molecule has 0 unspecified atom stereocenters. The highest BCUT2D eigenvalue weighted by Gasteiger charge is 2.22. The quantitative estimate of drug-likeness (QED) is 0.376. The van der Waals surface area contributed by atoms with Gasteiger partial charge < -0.3 is 19.8 Å². The third kappa shape index (κ3) is 4.45. The van der Waals surface area contributed by atoms with E-state index in [4.69, 9.17) is 4.74 Å². The second-order valence-electron chi connectivity index (χ2n) is 8.51. The lowest BCUT2D eigenvalue weighted by molar-refractivity contribution is 0.104. The van der Waals surface area contributed by atoms with E-state index in [0.29, 0.717) is 11.1 Å². The number of thiophene rings is 1. The first-order valence-electron chi connectivity index (χ1n) is 11.0. The topological polar surface area (TPSA) is 70.0 Å². The monoisotopic (exact) mass is 459 g/mol. The van der Waals surface area contributed by atoms with Crippen molar-refractivity contribution in [1.29, 1.82) is 0 Å². The molecule has 1 saturated heterocycles. The summed E-state index contributed by atoms with van der Waals surface area (Å²) in [5.41, 5.74) is 2.03.